The quantitative estimate of drug-likeness (QED) is 0.794. The average molecular weight is 282 g/mol. The SMILES string of the molecule is COCCCN1C(=O)C2(CCCCC2)NC(=O)CC1C. The Morgan fingerprint density at radius 3 is 2.65 bits per heavy atom. The lowest BCUT2D eigenvalue weighted by atomic mass is 9.80. The van der Waals surface area contributed by atoms with E-state index in [1.165, 1.54) is 0 Å². The van der Waals surface area contributed by atoms with Crippen LogP contribution in [0.4, 0.5) is 0 Å². The highest BCUT2D eigenvalue weighted by atomic mass is 16.5. The third-order valence-corrected chi connectivity index (χ3v) is 4.52. The molecule has 0 bridgehead atoms. The lowest BCUT2D eigenvalue weighted by Crippen LogP contribution is -2.58. The van der Waals surface area contributed by atoms with Crippen molar-refractivity contribution in [1.29, 1.82) is 0 Å². The van der Waals surface area contributed by atoms with Crippen molar-refractivity contribution in [3.63, 3.8) is 0 Å². The van der Waals surface area contributed by atoms with Crippen molar-refractivity contribution in [2.45, 2.75) is 63.5 Å². The zero-order valence-electron chi connectivity index (χ0n) is 12.6. The molecule has 1 saturated carbocycles. The van der Waals surface area contributed by atoms with Crippen LogP contribution in [0.5, 0.6) is 0 Å². The van der Waals surface area contributed by atoms with E-state index in [0.717, 1.165) is 38.5 Å². The Balaban J connectivity index is 2.16. The molecule has 1 saturated heterocycles. The predicted molar refractivity (Wildman–Crippen MR) is 76.2 cm³/mol. The zero-order chi connectivity index (χ0) is 14.6. The first-order valence-corrected chi connectivity index (χ1v) is 7.70. The fraction of sp³-hybridized carbons (Fsp3) is 0.867. The monoisotopic (exact) mass is 282 g/mol. The van der Waals surface area contributed by atoms with Gasteiger partial charge in [0.05, 0.1) is 0 Å². The second-order valence-corrected chi connectivity index (χ2v) is 6.09. The Bertz CT molecular complexity index is 364. The Hall–Kier alpha value is -1.10. The zero-order valence-corrected chi connectivity index (χ0v) is 12.6. The van der Waals surface area contributed by atoms with Crippen molar-refractivity contribution in [3.8, 4) is 0 Å². The molecule has 5 nitrogen and oxygen atoms in total. The highest BCUT2D eigenvalue weighted by Gasteiger charge is 2.46. The third kappa shape index (κ3) is 3.14. The van der Waals surface area contributed by atoms with Crippen LogP contribution in [0, 0.1) is 0 Å². The number of amides is 2. The van der Waals surface area contributed by atoms with Gasteiger partial charge in [-0.25, -0.2) is 0 Å². The summed E-state index contributed by atoms with van der Waals surface area (Å²) in [5.74, 6) is 0.133. The van der Waals surface area contributed by atoms with Crippen LogP contribution in [-0.2, 0) is 14.3 Å². The molecular weight excluding hydrogens is 256 g/mol. The van der Waals surface area contributed by atoms with Crippen LogP contribution in [0.2, 0.25) is 0 Å². The van der Waals surface area contributed by atoms with Gasteiger partial charge in [-0.05, 0) is 26.2 Å². The second-order valence-electron chi connectivity index (χ2n) is 6.09. The van der Waals surface area contributed by atoms with Gasteiger partial charge in [0.1, 0.15) is 5.54 Å². The van der Waals surface area contributed by atoms with Crippen molar-refractivity contribution in [2.75, 3.05) is 20.3 Å². The van der Waals surface area contributed by atoms with Gasteiger partial charge in [0.2, 0.25) is 11.8 Å². The molecule has 2 aliphatic rings. The molecule has 5 heteroatoms. The van der Waals surface area contributed by atoms with Gasteiger partial charge in [0, 0.05) is 32.7 Å². The fourth-order valence-corrected chi connectivity index (χ4v) is 3.42. The summed E-state index contributed by atoms with van der Waals surface area (Å²) >= 11 is 0. The largest absolute Gasteiger partial charge is 0.385 e. The summed E-state index contributed by atoms with van der Waals surface area (Å²) in [4.78, 5) is 26.9. The minimum absolute atomic E-state index is 0.0157. The lowest BCUT2D eigenvalue weighted by molar-refractivity contribution is -0.141. The fourth-order valence-electron chi connectivity index (χ4n) is 3.42. The summed E-state index contributed by atoms with van der Waals surface area (Å²) in [5.41, 5.74) is -0.632. The number of hydrogen-bond acceptors (Lipinski definition) is 3. The highest BCUT2D eigenvalue weighted by molar-refractivity contribution is 5.94. The summed E-state index contributed by atoms with van der Waals surface area (Å²) in [7, 11) is 1.67. The van der Waals surface area contributed by atoms with E-state index in [4.69, 9.17) is 4.74 Å². The number of nitrogens with one attached hydrogen (secondary N) is 1. The van der Waals surface area contributed by atoms with Crippen LogP contribution in [0.25, 0.3) is 0 Å². The van der Waals surface area contributed by atoms with Crippen LogP contribution >= 0.6 is 0 Å². The minimum atomic E-state index is -0.632. The Morgan fingerprint density at radius 1 is 1.30 bits per heavy atom. The van der Waals surface area contributed by atoms with Crippen molar-refractivity contribution in [2.24, 2.45) is 0 Å². The van der Waals surface area contributed by atoms with Crippen molar-refractivity contribution in [3.05, 3.63) is 0 Å². The smallest absolute Gasteiger partial charge is 0.248 e. The van der Waals surface area contributed by atoms with Crippen LogP contribution in [-0.4, -0.2) is 48.6 Å². The van der Waals surface area contributed by atoms with Crippen LogP contribution in [0.15, 0.2) is 0 Å². The topological polar surface area (TPSA) is 58.6 Å². The van der Waals surface area contributed by atoms with Crippen LogP contribution in [0.1, 0.15) is 51.9 Å². The van der Waals surface area contributed by atoms with Gasteiger partial charge in [0.25, 0.3) is 0 Å². The van der Waals surface area contributed by atoms with Crippen LogP contribution < -0.4 is 5.32 Å². The maximum absolute atomic E-state index is 12.9. The molecule has 1 heterocycles. The summed E-state index contributed by atoms with van der Waals surface area (Å²) in [6.45, 7) is 3.28. The molecule has 2 rings (SSSR count). The van der Waals surface area contributed by atoms with Gasteiger partial charge in [-0.2, -0.15) is 0 Å². The lowest BCUT2D eigenvalue weighted by Gasteiger charge is -2.39. The number of hydrogen-bond donors (Lipinski definition) is 1. The molecule has 0 aromatic carbocycles. The van der Waals surface area contributed by atoms with E-state index in [1.807, 2.05) is 11.8 Å². The maximum Gasteiger partial charge on any atom is 0.248 e. The number of ether oxygens (including phenoxy) is 1. The number of nitrogens with zero attached hydrogens (tertiary/aromatic N) is 1. The van der Waals surface area contributed by atoms with Crippen LogP contribution in [0.3, 0.4) is 0 Å². The summed E-state index contributed by atoms with van der Waals surface area (Å²) in [5, 5.41) is 3.03. The van der Waals surface area contributed by atoms with E-state index in [-0.39, 0.29) is 17.9 Å². The van der Waals surface area contributed by atoms with E-state index < -0.39 is 5.54 Å². The van der Waals surface area contributed by atoms with Gasteiger partial charge in [0.15, 0.2) is 0 Å². The van der Waals surface area contributed by atoms with Gasteiger partial charge in [-0.1, -0.05) is 19.3 Å². The highest BCUT2D eigenvalue weighted by Crippen LogP contribution is 2.32. The van der Waals surface area contributed by atoms with Gasteiger partial charge in [-0.15, -0.1) is 0 Å². The van der Waals surface area contributed by atoms with E-state index in [0.29, 0.717) is 19.6 Å². The van der Waals surface area contributed by atoms with Gasteiger partial charge < -0.3 is 15.0 Å². The molecule has 1 aliphatic carbocycles. The molecule has 0 aromatic rings. The number of methoxy groups -OCH3 is 1. The number of carbonyl (C=O) groups is 2. The molecule has 20 heavy (non-hydrogen) atoms. The molecule has 1 unspecified atom stereocenters. The Kier molecular flexibility index (Phi) is 5.02. The maximum atomic E-state index is 12.9. The van der Waals surface area contributed by atoms with Crippen molar-refractivity contribution < 1.29 is 14.3 Å². The number of rotatable bonds is 4. The summed E-state index contributed by atoms with van der Waals surface area (Å²) < 4.78 is 5.07. The minimum Gasteiger partial charge on any atom is -0.385 e. The average Bonchev–Trinajstić information content (AvgIpc) is 2.50. The molecule has 2 fully saturated rings. The Morgan fingerprint density at radius 2 is 2.00 bits per heavy atom. The molecule has 0 aromatic heterocycles. The molecule has 114 valence electrons. The van der Waals surface area contributed by atoms with E-state index in [9.17, 15) is 9.59 Å². The third-order valence-electron chi connectivity index (χ3n) is 4.52. The molecule has 1 aliphatic heterocycles. The standard InChI is InChI=1S/C15H26N2O3/c1-12-11-13(18)16-15(7-4-3-5-8-15)14(19)17(12)9-6-10-20-2/h12H,3-11H2,1-2H3,(H,16,18). The van der Waals surface area contributed by atoms with E-state index >= 15 is 0 Å². The molecule has 1 atom stereocenters. The summed E-state index contributed by atoms with van der Waals surface area (Å²) in [6, 6.07) is -0.0272. The second kappa shape index (κ2) is 6.57. The first-order chi connectivity index (χ1) is 9.59. The van der Waals surface area contributed by atoms with E-state index in [1.54, 1.807) is 7.11 Å². The first kappa shape index (κ1) is 15.3. The molecule has 0 radical (unpaired) electrons. The van der Waals surface area contributed by atoms with Crippen molar-refractivity contribution in [1.82, 2.24) is 10.2 Å². The molecule has 1 spiro atoms. The molecular formula is C15H26N2O3. The normalized spacial score (nSPS) is 26.5. The predicted octanol–water partition coefficient (Wildman–Crippen LogP) is 1.46. The molecule has 1 N–H and O–H groups in total. The van der Waals surface area contributed by atoms with Crippen molar-refractivity contribution >= 4 is 11.8 Å². The first-order valence-electron chi connectivity index (χ1n) is 7.70. The Labute approximate surface area is 121 Å². The van der Waals surface area contributed by atoms with Gasteiger partial charge in [-0.3, -0.25) is 9.59 Å². The van der Waals surface area contributed by atoms with Gasteiger partial charge >= 0.3 is 0 Å². The van der Waals surface area contributed by atoms with E-state index in [2.05, 4.69) is 5.32 Å². The molecule has 2 amide bonds. The summed E-state index contributed by atoms with van der Waals surface area (Å²) in [6.07, 6.45) is 5.98. The number of carbonyl (C=O) groups excluding carboxylic acids is 2.